The van der Waals surface area contributed by atoms with Crippen LogP contribution in [0, 0.1) is 22.9 Å². The van der Waals surface area contributed by atoms with Gasteiger partial charge in [-0.15, -0.1) is 0 Å². The molecule has 0 heterocycles. The molecule has 0 aliphatic heterocycles. The highest BCUT2D eigenvalue weighted by atomic mass is 19.1. The average molecular weight is 515 g/mol. The molecule has 0 aromatic heterocycles. The molecule has 3 aromatic carbocycles. The van der Waals surface area contributed by atoms with E-state index in [1.54, 1.807) is 18.2 Å². The number of aliphatic carboxylic acids is 1. The van der Waals surface area contributed by atoms with Crippen molar-refractivity contribution >= 4 is 5.97 Å². The van der Waals surface area contributed by atoms with E-state index in [2.05, 4.69) is 20.8 Å². The number of ether oxygens (including phenoxy) is 2. The van der Waals surface area contributed by atoms with Crippen molar-refractivity contribution < 1.29 is 32.5 Å². The summed E-state index contributed by atoms with van der Waals surface area (Å²) in [5.74, 6) is -2.68. The lowest BCUT2D eigenvalue weighted by Crippen LogP contribution is -2.15. The van der Waals surface area contributed by atoms with Crippen molar-refractivity contribution in [2.24, 2.45) is 5.41 Å². The molecule has 4 nitrogen and oxygen atoms in total. The first-order chi connectivity index (χ1) is 17.5. The van der Waals surface area contributed by atoms with Gasteiger partial charge in [0.05, 0.1) is 7.11 Å². The topological polar surface area (TPSA) is 55.8 Å². The molecule has 0 spiro atoms. The van der Waals surface area contributed by atoms with E-state index in [9.17, 15) is 18.0 Å². The summed E-state index contributed by atoms with van der Waals surface area (Å²) < 4.78 is 54.7. The summed E-state index contributed by atoms with van der Waals surface area (Å²) in [6.07, 6.45) is 2.18. The van der Waals surface area contributed by atoms with Crippen LogP contribution >= 0.6 is 0 Å². The van der Waals surface area contributed by atoms with Gasteiger partial charge < -0.3 is 14.6 Å². The van der Waals surface area contributed by atoms with Crippen LogP contribution < -0.4 is 9.47 Å². The summed E-state index contributed by atoms with van der Waals surface area (Å²) in [5, 5.41) is 8.87. The molecule has 0 aliphatic rings. The van der Waals surface area contributed by atoms with Crippen LogP contribution in [0.2, 0.25) is 0 Å². The molecule has 198 valence electrons. The quantitative estimate of drug-likeness (QED) is 0.269. The normalized spacial score (nSPS) is 11.4. The molecular weight excluding hydrogens is 481 g/mol. The van der Waals surface area contributed by atoms with Gasteiger partial charge >= 0.3 is 5.97 Å². The molecule has 0 radical (unpaired) electrons. The van der Waals surface area contributed by atoms with E-state index in [4.69, 9.17) is 14.6 Å². The lowest BCUT2D eigenvalue weighted by atomic mass is 9.79. The van der Waals surface area contributed by atoms with E-state index >= 15 is 0 Å². The lowest BCUT2D eigenvalue weighted by Gasteiger charge is -2.26. The van der Waals surface area contributed by atoms with E-state index in [0.29, 0.717) is 23.3 Å². The molecule has 0 saturated heterocycles. The Morgan fingerprint density at radius 3 is 2.41 bits per heavy atom. The minimum atomic E-state index is -1.10. The molecule has 0 atom stereocenters. The van der Waals surface area contributed by atoms with Crippen LogP contribution in [-0.4, -0.2) is 18.2 Å². The molecule has 37 heavy (non-hydrogen) atoms. The van der Waals surface area contributed by atoms with Crippen molar-refractivity contribution in [2.75, 3.05) is 7.11 Å². The van der Waals surface area contributed by atoms with E-state index in [0.717, 1.165) is 36.1 Å². The van der Waals surface area contributed by atoms with Crippen molar-refractivity contribution in [3.05, 3.63) is 82.7 Å². The summed E-state index contributed by atoms with van der Waals surface area (Å²) in [6, 6.07) is 12.0. The first kappa shape index (κ1) is 28.1. The number of halogens is 3. The van der Waals surface area contributed by atoms with Gasteiger partial charge in [0, 0.05) is 18.1 Å². The van der Waals surface area contributed by atoms with E-state index in [1.807, 2.05) is 12.1 Å². The zero-order chi connectivity index (χ0) is 27.2. The van der Waals surface area contributed by atoms with Crippen LogP contribution in [0.1, 0.15) is 56.7 Å². The summed E-state index contributed by atoms with van der Waals surface area (Å²) in [4.78, 5) is 10.8. The summed E-state index contributed by atoms with van der Waals surface area (Å²) >= 11 is 0. The Hall–Kier alpha value is -3.48. The number of hydrogen-bond acceptors (Lipinski definition) is 3. The third-order valence-electron chi connectivity index (χ3n) is 6.31. The monoisotopic (exact) mass is 514 g/mol. The van der Waals surface area contributed by atoms with Crippen LogP contribution in [0.25, 0.3) is 11.1 Å². The molecule has 0 saturated carbocycles. The Balaban J connectivity index is 1.94. The number of rotatable bonds is 12. The summed E-state index contributed by atoms with van der Waals surface area (Å²) in [6.45, 7) is 6.39. The van der Waals surface area contributed by atoms with Crippen molar-refractivity contribution in [3.8, 4) is 22.6 Å². The maximum absolute atomic E-state index is 14.9. The number of aryl methyl sites for hydroxylation is 1. The number of hydrogen-bond donors (Lipinski definition) is 1. The first-order valence-electron chi connectivity index (χ1n) is 12.3. The highest BCUT2D eigenvalue weighted by Crippen LogP contribution is 2.36. The van der Waals surface area contributed by atoms with Gasteiger partial charge in [0.25, 0.3) is 0 Å². The summed E-state index contributed by atoms with van der Waals surface area (Å²) in [5.41, 5.74) is 2.68. The van der Waals surface area contributed by atoms with E-state index in [-0.39, 0.29) is 42.0 Å². The molecule has 0 aliphatic carbocycles. The van der Waals surface area contributed by atoms with Crippen molar-refractivity contribution in [1.29, 1.82) is 0 Å². The molecular formula is C30H33F3O4. The lowest BCUT2D eigenvalue weighted by molar-refractivity contribution is -0.136. The molecule has 3 aromatic rings. The highest BCUT2D eigenvalue weighted by molar-refractivity contribution is 5.70. The van der Waals surface area contributed by atoms with E-state index < -0.39 is 17.6 Å². The second-order valence-electron chi connectivity index (χ2n) is 9.99. The minimum absolute atomic E-state index is 0.0409. The minimum Gasteiger partial charge on any atom is -0.497 e. The SMILES string of the molecule is CCCC(C)(C)Cc1cc(COc2cc(F)cc(CCC(=O)O)c2F)ccc1-c1cc(OC)ccc1F. The molecule has 3 rings (SSSR count). The Morgan fingerprint density at radius 2 is 1.73 bits per heavy atom. The number of benzene rings is 3. The molecule has 0 amide bonds. The average Bonchev–Trinajstić information content (AvgIpc) is 2.83. The van der Waals surface area contributed by atoms with Crippen LogP contribution in [-0.2, 0) is 24.2 Å². The van der Waals surface area contributed by atoms with Gasteiger partial charge in [0.2, 0.25) is 0 Å². The van der Waals surface area contributed by atoms with Gasteiger partial charge in [-0.25, -0.2) is 13.2 Å². The fourth-order valence-electron chi connectivity index (χ4n) is 4.57. The fraction of sp³-hybridized carbons (Fsp3) is 0.367. The number of carboxylic acids is 1. The van der Waals surface area contributed by atoms with Gasteiger partial charge in [-0.3, -0.25) is 4.79 Å². The maximum Gasteiger partial charge on any atom is 0.303 e. The predicted molar refractivity (Wildman–Crippen MR) is 137 cm³/mol. The second-order valence-corrected chi connectivity index (χ2v) is 9.99. The Kier molecular flexibility index (Phi) is 9.24. The molecule has 0 fully saturated rings. The number of carbonyl (C=O) groups is 1. The maximum atomic E-state index is 14.9. The Bertz CT molecular complexity index is 1250. The molecule has 1 N–H and O–H groups in total. The van der Waals surface area contributed by atoms with Crippen LogP contribution in [0.5, 0.6) is 11.5 Å². The smallest absolute Gasteiger partial charge is 0.303 e. The number of methoxy groups -OCH3 is 1. The number of carboxylic acid groups (broad SMARTS) is 1. The van der Waals surface area contributed by atoms with Crippen LogP contribution in [0.4, 0.5) is 13.2 Å². The van der Waals surface area contributed by atoms with Crippen molar-refractivity contribution in [2.45, 2.75) is 59.5 Å². The molecule has 0 bridgehead atoms. The van der Waals surface area contributed by atoms with Gasteiger partial charge in [-0.05, 0) is 71.2 Å². The largest absolute Gasteiger partial charge is 0.497 e. The van der Waals surface area contributed by atoms with Gasteiger partial charge in [0.15, 0.2) is 11.6 Å². The third kappa shape index (κ3) is 7.51. The van der Waals surface area contributed by atoms with E-state index in [1.165, 1.54) is 13.2 Å². The first-order valence-corrected chi connectivity index (χ1v) is 12.3. The molecule has 7 heteroatoms. The van der Waals surface area contributed by atoms with Gasteiger partial charge in [-0.2, -0.15) is 0 Å². The molecule has 0 unspecified atom stereocenters. The van der Waals surface area contributed by atoms with Gasteiger partial charge in [0.1, 0.15) is 24.0 Å². The van der Waals surface area contributed by atoms with Crippen LogP contribution in [0.3, 0.4) is 0 Å². The second kappa shape index (κ2) is 12.2. The predicted octanol–water partition coefficient (Wildman–Crippen LogP) is 7.74. The van der Waals surface area contributed by atoms with Crippen molar-refractivity contribution in [1.82, 2.24) is 0 Å². The zero-order valence-electron chi connectivity index (χ0n) is 21.7. The highest BCUT2D eigenvalue weighted by Gasteiger charge is 2.22. The van der Waals surface area contributed by atoms with Crippen molar-refractivity contribution in [3.63, 3.8) is 0 Å². The van der Waals surface area contributed by atoms with Gasteiger partial charge in [-0.1, -0.05) is 45.4 Å². The Labute approximate surface area is 216 Å². The third-order valence-corrected chi connectivity index (χ3v) is 6.31. The van der Waals surface area contributed by atoms with Crippen LogP contribution in [0.15, 0.2) is 48.5 Å². The zero-order valence-corrected chi connectivity index (χ0v) is 21.7. The fourth-order valence-corrected chi connectivity index (χ4v) is 4.57. The Morgan fingerprint density at radius 1 is 0.973 bits per heavy atom. The standard InChI is InChI=1S/C30H33F3O4/c1-5-12-30(2,3)17-21-13-19(6-9-24(21)25-16-23(36-4)8-10-26(25)32)18-37-27-15-22(31)14-20(29(27)33)7-11-28(34)35/h6,8-10,13-16H,5,7,11-12,17-18H2,1-4H3,(H,34,35). The summed E-state index contributed by atoms with van der Waals surface area (Å²) in [7, 11) is 1.53.